The lowest BCUT2D eigenvalue weighted by molar-refractivity contribution is -0.138. The summed E-state index contributed by atoms with van der Waals surface area (Å²) in [5.74, 6) is -0.0389. The van der Waals surface area contributed by atoms with Gasteiger partial charge in [-0.3, -0.25) is 10.2 Å². The van der Waals surface area contributed by atoms with Gasteiger partial charge in [0.05, 0.1) is 11.2 Å². The number of nitrogens with zero attached hydrogens (tertiary/aromatic N) is 1. The SMILES string of the molecule is CC1CC(C(=O)N2CCC(O)(c3cccc(C(F)(F)F)c3)CC2)NN1. The lowest BCUT2D eigenvalue weighted by Gasteiger charge is -2.39. The first kappa shape index (κ1) is 18.2. The van der Waals surface area contributed by atoms with Gasteiger partial charge in [-0.15, -0.1) is 0 Å². The zero-order valence-electron chi connectivity index (χ0n) is 13.9. The molecule has 0 saturated carbocycles. The first-order chi connectivity index (χ1) is 11.7. The normalized spacial score (nSPS) is 26.7. The maximum atomic E-state index is 12.9. The van der Waals surface area contributed by atoms with Crippen molar-refractivity contribution in [1.29, 1.82) is 0 Å². The van der Waals surface area contributed by atoms with Gasteiger partial charge in [-0.2, -0.15) is 13.2 Å². The second kappa shape index (κ2) is 6.59. The third kappa shape index (κ3) is 3.80. The Balaban J connectivity index is 1.67. The summed E-state index contributed by atoms with van der Waals surface area (Å²) >= 11 is 0. The molecule has 1 aromatic carbocycles. The number of aliphatic hydroxyl groups is 1. The predicted octanol–water partition coefficient (Wildman–Crippen LogP) is 1.77. The second-order valence-corrected chi connectivity index (χ2v) is 6.91. The molecule has 2 aliphatic heterocycles. The molecule has 2 atom stereocenters. The first-order valence-electron chi connectivity index (χ1n) is 8.39. The standard InChI is InChI=1S/C17H22F3N3O2/c1-11-9-14(22-21-11)15(24)23-7-5-16(25,6-8-23)12-3-2-4-13(10-12)17(18,19)20/h2-4,10-11,14,21-22,25H,5-9H2,1H3. The fourth-order valence-corrected chi connectivity index (χ4v) is 3.47. The van der Waals surface area contributed by atoms with E-state index in [2.05, 4.69) is 10.9 Å². The van der Waals surface area contributed by atoms with Crippen LogP contribution >= 0.6 is 0 Å². The molecule has 0 bridgehead atoms. The Morgan fingerprint density at radius 3 is 2.52 bits per heavy atom. The minimum Gasteiger partial charge on any atom is -0.385 e. The number of amides is 1. The summed E-state index contributed by atoms with van der Waals surface area (Å²) in [5, 5.41) is 10.8. The number of carbonyl (C=O) groups is 1. The highest BCUT2D eigenvalue weighted by atomic mass is 19.4. The average Bonchev–Trinajstić information content (AvgIpc) is 3.01. The van der Waals surface area contributed by atoms with Gasteiger partial charge in [0.1, 0.15) is 6.04 Å². The monoisotopic (exact) mass is 357 g/mol. The molecule has 1 amide bonds. The highest BCUT2D eigenvalue weighted by Crippen LogP contribution is 2.36. The third-order valence-corrected chi connectivity index (χ3v) is 5.02. The van der Waals surface area contributed by atoms with E-state index >= 15 is 0 Å². The van der Waals surface area contributed by atoms with Crippen LogP contribution in [0.3, 0.4) is 0 Å². The zero-order chi connectivity index (χ0) is 18.2. The molecule has 25 heavy (non-hydrogen) atoms. The van der Waals surface area contributed by atoms with Crippen molar-refractivity contribution in [2.45, 2.75) is 50.0 Å². The van der Waals surface area contributed by atoms with Crippen LogP contribution in [-0.4, -0.2) is 41.1 Å². The maximum Gasteiger partial charge on any atom is 0.416 e. The second-order valence-electron chi connectivity index (χ2n) is 6.91. The van der Waals surface area contributed by atoms with E-state index in [1.54, 1.807) is 4.90 Å². The molecule has 0 spiro atoms. The average molecular weight is 357 g/mol. The molecule has 0 aliphatic carbocycles. The summed E-state index contributed by atoms with van der Waals surface area (Å²) in [7, 11) is 0. The first-order valence-corrected chi connectivity index (χ1v) is 8.39. The van der Waals surface area contributed by atoms with Crippen LogP contribution in [0.5, 0.6) is 0 Å². The van der Waals surface area contributed by atoms with E-state index in [4.69, 9.17) is 0 Å². The van der Waals surface area contributed by atoms with Gasteiger partial charge in [-0.25, -0.2) is 5.43 Å². The number of likely N-dealkylation sites (tertiary alicyclic amines) is 1. The van der Waals surface area contributed by atoms with Crippen LogP contribution in [0, 0.1) is 0 Å². The van der Waals surface area contributed by atoms with Gasteiger partial charge >= 0.3 is 6.18 Å². The summed E-state index contributed by atoms with van der Waals surface area (Å²) in [6, 6.07) is 4.73. The van der Waals surface area contributed by atoms with Crippen molar-refractivity contribution in [1.82, 2.24) is 15.8 Å². The van der Waals surface area contributed by atoms with Crippen LogP contribution in [0.15, 0.2) is 24.3 Å². The number of hydrazine groups is 1. The quantitative estimate of drug-likeness (QED) is 0.755. The van der Waals surface area contributed by atoms with Crippen LogP contribution in [0.1, 0.15) is 37.3 Å². The van der Waals surface area contributed by atoms with Crippen molar-refractivity contribution in [2.24, 2.45) is 0 Å². The highest BCUT2D eigenvalue weighted by molar-refractivity contribution is 5.82. The number of hydrogen-bond donors (Lipinski definition) is 3. The van der Waals surface area contributed by atoms with Gasteiger partial charge in [-0.1, -0.05) is 12.1 Å². The van der Waals surface area contributed by atoms with Gasteiger partial charge in [0.15, 0.2) is 0 Å². The highest BCUT2D eigenvalue weighted by Gasteiger charge is 2.39. The van der Waals surface area contributed by atoms with Crippen LogP contribution in [-0.2, 0) is 16.6 Å². The summed E-state index contributed by atoms with van der Waals surface area (Å²) in [6.07, 6.45) is -3.32. The fourth-order valence-electron chi connectivity index (χ4n) is 3.47. The number of alkyl halides is 3. The Labute approximate surface area is 144 Å². The minimum absolute atomic E-state index is 0.0389. The molecule has 3 rings (SSSR count). The van der Waals surface area contributed by atoms with E-state index < -0.39 is 17.3 Å². The smallest absolute Gasteiger partial charge is 0.385 e. The molecule has 138 valence electrons. The van der Waals surface area contributed by atoms with Gasteiger partial charge < -0.3 is 10.0 Å². The number of benzene rings is 1. The summed E-state index contributed by atoms with van der Waals surface area (Å²) in [4.78, 5) is 14.1. The number of nitrogens with one attached hydrogen (secondary N) is 2. The van der Waals surface area contributed by atoms with Crippen LogP contribution in [0.2, 0.25) is 0 Å². The van der Waals surface area contributed by atoms with Crippen molar-refractivity contribution >= 4 is 5.91 Å². The van der Waals surface area contributed by atoms with Crippen molar-refractivity contribution in [2.75, 3.05) is 13.1 Å². The summed E-state index contributed by atoms with van der Waals surface area (Å²) in [5.41, 5.74) is 4.09. The molecule has 2 unspecified atom stereocenters. The van der Waals surface area contributed by atoms with Gasteiger partial charge in [0.2, 0.25) is 5.91 Å². The molecular formula is C17H22F3N3O2. The minimum atomic E-state index is -4.44. The van der Waals surface area contributed by atoms with E-state index in [0.29, 0.717) is 19.5 Å². The third-order valence-electron chi connectivity index (χ3n) is 5.02. The van der Waals surface area contributed by atoms with E-state index in [1.165, 1.54) is 12.1 Å². The van der Waals surface area contributed by atoms with Crippen molar-refractivity contribution in [3.8, 4) is 0 Å². The Bertz CT molecular complexity index is 642. The van der Waals surface area contributed by atoms with E-state index in [1.807, 2.05) is 6.92 Å². The molecule has 2 aliphatic rings. The van der Waals surface area contributed by atoms with E-state index in [-0.39, 0.29) is 36.4 Å². The molecule has 5 nitrogen and oxygen atoms in total. The molecule has 2 fully saturated rings. The van der Waals surface area contributed by atoms with E-state index in [0.717, 1.165) is 12.1 Å². The maximum absolute atomic E-state index is 12.9. The summed E-state index contributed by atoms with van der Waals surface area (Å²) < 4.78 is 38.7. The van der Waals surface area contributed by atoms with Crippen LogP contribution < -0.4 is 10.9 Å². The molecular weight excluding hydrogens is 335 g/mol. The number of piperidine rings is 1. The lowest BCUT2D eigenvalue weighted by Crippen LogP contribution is -2.51. The Morgan fingerprint density at radius 2 is 1.96 bits per heavy atom. The van der Waals surface area contributed by atoms with Crippen LogP contribution in [0.25, 0.3) is 0 Å². The van der Waals surface area contributed by atoms with Crippen LogP contribution in [0.4, 0.5) is 13.2 Å². The molecule has 8 heteroatoms. The number of rotatable bonds is 2. The van der Waals surface area contributed by atoms with Gasteiger partial charge in [0, 0.05) is 19.1 Å². The number of halogens is 3. The largest absolute Gasteiger partial charge is 0.416 e. The number of hydrogen-bond acceptors (Lipinski definition) is 4. The van der Waals surface area contributed by atoms with Crippen molar-refractivity contribution in [3.63, 3.8) is 0 Å². The predicted molar refractivity (Wildman–Crippen MR) is 85.3 cm³/mol. The summed E-state index contributed by atoms with van der Waals surface area (Å²) in [6.45, 7) is 2.61. The van der Waals surface area contributed by atoms with E-state index in [9.17, 15) is 23.1 Å². The van der Waals surface area contributed by atoms with Crippen molar-refractivity contribution in [3.05, 3.63) is 35.4 Å². The molecule has 1 aromatic rings. The zero-order valence-corrected chi connectivity index (χ0v) is 13.9. The topological polar surface area (TPSA) is 64.6 Å². The molecule has 3 N–H and O–H groups in total. The molecule has 2 saturated heterocycles. The number of carbonyl (C=O) groups excluding carboxylic acids is 1. The van der Waals surface area contributed by atoms with Gasteiger partial charge in [0.25, 0.3) is 0 Å². The molecule has 0 aromatic heterocycles. The molecule has 0 radical (unpaired) electrons. The fraction of sp³-hybridized carbons (Fsp3) is 0.588. The lowest BCUT2D eigenvalue weighted by atomic mass is 9.83. The molecule has 2 heterocycles. The Hall–Kier alpha value is -1.64. The van der Waals surface area contributed by atoms with Crippen molar-refractivity contribution < 1.29 is 23.1 Å². The Kier molecular flexibility index (Phi) is 4.78. The Morgan fingerprint density at radius 1 is 1.28 bits per heavy atom. The van der Waals surface area contributed by atoms with Gasteiger partial charge in [-0.05, 0) is 43.9 Å².